The first-order valence-electron chi connectivity index (χ1n) is 8.50. The van der Waals surface area contributed by atoms with E-state index < -0.39 is 17.7 Å². The van der Waals surface area contributed by atoms with Gasteiger partial charge in [-0.05, 0) is 23.8 Å². The number of carbonyl (C=O) groups is 2. The maximum atomic E-state index is 12.9. The van der Waals surface area contributed by atoms with Crippen LogP contribution in [0.3, 0.4) is 0 Å². The molecule has 2 heterocycles. The first kappa shape index (κ1) is 16.7. The van der Waals surface area contributed by atoms with E-state index in [1.165, 1.54) is 4.90 Å². The number of aliphatic hydroxyl groups excluding tert-OH is 1. The zero-order chi connectivity index (χ0) is 18.8. The summed E-state index contributed by atoms with van der Waals surface area (Å²) in [5.41, 5.74) is 1.78. The predicted molar refractivity (Wildman–Crippen MR) is 102 cm³/mol. The van der Waals surface area contributed by atoms with Crippen LogP contribution in [0.25, 0.3) is 5.76 Å². The van der Waals surface area contributed by atoms with Gasteiger partial charge in [0.2, 0.25) is 0 Å². The molecule has 2 aromatic carbocycles. The summed E-state index contributed by atoms with van der Waals surface area (Å²) in [7, 11) is 0. The van der Waals surface area contributed by atoms with Crippen molar-refractivity contribution in [2.75, 3.05) is 4.90 Å². The summed E-state index contributed by atoms with van der Waals surface area (Å²) < 4.78 is 0. The Morgan fingerprint density at radius 2 is 1.56 bits per heavy atom. The fourth-order valence-electron chi connectivity index (χ4n) is 3.29. The quantitative estimate of drug-likeness (QED) is 0.441. The Morgan fingerprint density at radius 1 is 0.889 bits per heavy atom. The topological polar surface area (TPSA) is 70.5 Å². The Balaban J connectivity index is 1.95. The van der Waals surface area contributed by atoms with Gasteiger partial charge in [0.05, 0.1) is 11.6 Å². The number of amides is 1. The molecule has 1 fully saturated rings. The maximum Gasteiger partial charge on any atom is 0.300 e. The Bertz CT molecular complexity index is 1020. The van der Waals surface area contributed by atoms with Gasteiger partial charge in [-0.15, -0.1) is 0 Å². The fraction of sp³-hybridized carbons (Fsp3) is 0.0455. The van der Waals surface area contributed by atoms with Crippen molar-refractivity contribution in [3.8, 4) is 0 Å². The Kier molecular flexibility index (Phi) is 4.26. The van der Waals surface area contributed by atoms with E-state index in [2.05, 4.69) is 4.98 Å². The number of para-hydroxylation sites is 1. The van der Waals surface area contributed by atoms with Crippen molar-refractivity contribution in [3.05, 3.63) is 102 Å². The standard InChI is InChI=1S/C22H16N2O3/c25-20(15-8-3-1-4-9-15)18-19(16-10-7-13-23-14-16)24(22(27)21(18)26)17-11-5-2-6-12-17/h1-14,19,25H/b20-18-. The number of hydrogen-bond donors (Lipinski definition) is 1. The van der Waals surface area contributed by atoms with Gasteiger partial charge in [-0.1, -0.05) is 54.6 Å². The molecule has 27 heavy (non-hydrogen) atoms. The lowest BCUT2D eigenvalue weighted by molar-refractivity contribution is -0.132. The SMILES string of the molecule is O=C1C(=O)N(c2ccccc2)C(c2cccnc2)/C1=C(/O)c1ccccc1. The minimum absolute atomic E-state index is 0.0584. The average molecular weight is 356 g/mol. The van der Waals surface area contributed by atoms with Gasteiger partial charge in [0.1, 0.15) is 5.76 Å². The predicted octanol–water partition coefficient (Wildman–Crippen LogP) is 3.71. The summed E-state index contributed by atoms with van der Waals surface area (Å²) in [5, 5.41) is 10.9. The first-order chi connectivity index (χ1) is 13.2. The molecule has 0 saturated carbocycles. The number of anilines is 1. The summed E-state index contributed by atoms with van der Waals surface area (Å²) in [6.45, 7) is 0. The molecule has 0 radical (unpaired) electrons. The minimum atomic E-state index is -0.749. The lowest BCUT2D eigenvalue weighted by Crippen LogP contribution is -2.29. The van der Waals surface area contributed by atoms with E-state index in [0.29, 0.717) is 16.8 Å². The van der Waals surface area contributed by atoms with Crippen LogP contribution in [0, 0.1) is 0 Å². The molecule has 5 heteroatoms. The second kappa shape index (κ2) is 6.88. The van der Waals surface area contributed by atoms with Crippen LogP contribution in [0.2, 0.25) is 0 Å². The van der Waals surface area contributed by atoms with Gasteiger partial charge in [0, 0.05) is 23.6 Å². The van der Waals surface area contributed by atoms with E-state index in [1.54, 1.807) is 73.1 Å². The van der Waals surface area contributed by atoms with Crippen molar-refractivity contribution < 1.29 is 14.7 Å². The van der Waals surface area contributed by atoms with Crippen LogP contribution in [0.1, 0.15) is 17.2 Å². The zero-order valence-electron chi connectivity index (χ0n) is 14.3. The number of ketones is 1. The molecule has 1 N–H and O–H groups in total. The van der Waals surface area contributed by atoms with Gasteiger partial charge in [0.25, 0.3) is 11.7 Å². The molecule has 132 valence electrons. The summed E-state index contributed by atoms with van der Waals surface area (Å²) in [4.78, 5) is 31.2. The van der Waals surface area contributed by atoms with Crippen molar-refractivity contribution in [3.63, 3.8) is 0 Å². The normalized spacial score (nSPS) is 18.7. The molecule has 1 aromatic heterocycles. The lowest BCUT2D eigenvalue weighted by atomic mass is 9.96. The number of hydrogen-bond acceptors (Lipinski definition) is 4. The molecule has 1 aliphatic heterocycles. The molecule has 0 bridgehead atoms. The van der Waals surface area contributed by atoms with Gasteiger partial charge in [0.15, 0.2) is 0 Å². The highest BCUT2D eigenvalue weighted by Gasteiger charge is 2.46. The van der Waals surface area contributed by atoms with Gasteiger partial charge < -0.3 is 5.11 Å². The van der Waals surface area contributed by atoms with E-state index in [4.69, 9.17) is 0 Å². The number of carbonyl (C=O) groups excluding carboxylic acids is 2. The van der Waals surface area contributed by atoms with E-state index in [-0.39, 0.29) is 11.3 Å². The lowest BCUT2D eigenvalue weighted by Gasteiger charge is -2.25. The van der Waals surface area contributed by atoms with E-state index in [1.807, 2.05) is 12.1 Å². The minimum Gasteiger partial charge on any atom is -0.507 e. The highest BCUT2D eigenvalue weighted by atomic mass is 16.3. The fourth-order valence-corrected chi connectivity index (χ4v) is 3.29. The molecule has 1 atom stereocenters. The Morgan fingerprint density at radius 3 is 2.19 bits per heavy atom. The third-order valence-electron chi connectivity index (χ3n) is 4.53. The van der Waals surface area contributed by atoms with Crippen LogP contribution in [0.5, 0.6) is 0 Å². The Hall–Kier alpha value is -3.73. The van der Waals surface area contributed by atoms with Crippen LogP contribution in [-0.4, -0.2) is 21.8 Å². The monoisotopic (exact) mass is 356 g/mol. The third-order valence-corrected chi connectivity index (χ3v) is 4.53. The van der Waals surface area contributed by atoms with Gasteiger partial charge in [-0.2, -0.15) is 0 Å². The van der Waals surface area contributed by atoms with Crippen LogP contribution < -0.4 is 4.90 Å². The smallest absolute Gasteiger partial charge is 0.300 e. The molecule has 5 nitrogen and oxygen atoms in total. The summed E-state index contributed by atoms with van der Waals surface area (Å²) in [6.07, 6.45) is 3.22. The van der Waals surface area contributed by atoms with Gasteiger partial charge in [-0.3, -0.25) is 19.5 Å². The molecule has 0 aliphatic carbocycles. The maximum absolute atomic E-state index is 12.9. The van der Waals surface area contributed by atoms with Crippen molar-refractivity contribution in [2.45, 2.75) is 6.04 Å². The van der Waals surface area contributed by atoms with Crippen LogP contribution in [0.4, 0.5) is 5.69 Å². The number of nitrogens with zero attached hydrogens (tertiary/aromatic N) is 2. The Labute approximate surface area is 156 Å². The van der Waals surface area contributed by atoms with E-state index in [0.717, 1.165) is 0 Å². The van der Waals surface area contributed by atoms with Crippen molar-refractivity contribution >= 4 is 23.1 Å². The summed E-state index contributed by atoms with van der Waals surface area (Å²) in [5.74, 6) is -1.58. The number of benzene rings is 2. The first-order valence-corrected chi connectivity index (χ1v) is 8.50. The highest BCUT2D eigenvalue weighted by molar-refractivity contribution is 6.51. The van der Waals surface area contributed by atoms with Gasteiger partial charge in [-0.25, -0.2) is 0 Å². The molecule has 4 rings (SSSR count). The molecule has 1 amide bonds. The largest absolute Gasteiger partial charge is 0.507 e. The molecule has 0 spiro atoms. The summed E-state index contributed by atoms with van der Waals surface area (Å²) >= 11 is 0. The summed E-state index contributed by atoms with van der Waals surface area (Å²) in [6, 6.07) is 20.5. The van der Waals surface area contributed by atoms with Gasteiger partial charge >= 0.3 is 0 Å². The number of pyridine rings is 1. The van der Waals surface area contributed by atoms with E-state index >= 15 is 0 Å². The number of rotatable bonds is 3. The number of aromatic nitrogens is 1. The van der Waals surface area contributed by atoms with Crippen LogP contribution >= 0.6 is 0 Å². The second-order valence-corrected chi connectivity index (χ2v) is 6.16. The number of Topliss-reactive ketones (excluding diaryl/α,β-unsaturated/α-hetero) is 1. The average Bonchev–Trinajstić information content (AvgIpc) is 3.00. The molecule has 1 unspecified atom stereocenters. The van der Waals surface area contributed by atoms with Crippen molar-refractivity contribution in [1.29, 1.82) is 0 Å². The van der Waals surface area contributed by atoms with Crippen LogP contribution in [0.15, 0.2) is 90.8 Å². The second-order valence-electron chi connectivity index (χ2n) is 6.16. The van der Waals surface area contributed by atoms with E-state index in [9.17, 15) is 14.7 Å². The van der Waals surface area contributed by atoms with Crippen molar-refractivity contribution in [1.82, 2.24) is 4.98 Å². The number of aliphatic hydroxyl groups is 1. The third kappa shape index (κ3) is 2.89. The molecule has 1 aliphatic rings. The zero-order valence-corrected chi connectivity index (χ0v) is 14.3. The molecular weight excluding hydrogens is 340 g/mol. The van der Waals surface area contributed by atoms with Crippen LogP contribution in [-0.2, 0) is 9.59 Å². The van der Waals surface area contributed by atoms with Crippen molar-refractivity contribution in [2.24, 2.45) is 0 Å². The molecule has 1 saturated heterocycles. The highest BCUT2D eigenvalue weighted by Crippen LogP contribution is 2.41. The molecular formula is C22H16N2O3. The molecule has 3 aromatic rings.